The Morgan fingerprint density at radius 2 is 1.73 bits per heavy atom. The number of amides is 1. The molecule has 33 heavy (non-hydrogen) atoms. The molecule has 1 N–H and O–H groups in total. The Kier molecular flexibility index (Phi) is 5.45. The Hall–Kier alpha value is -4.24. The molecular formula is C24H17N3O5S. The molecule has 0 fully saturated rings. The third-order valence-corrected chi connectivity index (χ3v) is 6.06. The van der Waals surface area contributed by atoms with Gasteiger partial charge >= 0.3 is 0 Å². The smallest absolute Gasteiger partial charge is 0.269 e. The highest BCUT2D eigenvalue weighted by molar-refractivity contribution is 7.13. The largest absolute Gasteiger partial charge is 0.454 e. The van der Waals surface area contributed by atoms with Crippen LogP contribution in [-0.4, -0.2) is 22.6 Å². The Morgan fingerprint density at radius 1 is 1.00 bits per heavy atom. The number of nitrogens with zero attached hydrogens (tertiary/aromatic N) is 2. The zero-order chi connectivity index (χ0) is 22.8. The van der Waals surface area contributed by atoms with Crippen LogP contribution in [0.1, 0.15) is 15.9 Å². The number of thiazole rings is 1. The second-order valence-electron chi connectivity index (χ2n) is 7.29. The summed E-state index contributed by atoms with van der Waals surface area (Å²) >= 11 is 1.55. The van der Waals surface area contributed by atoms with Gasteiger partial charge in [-0.1, -0.05) is 24.3 Å². The van der Waals surface area contributed by atoms with E-state index in [0.29, 0.717) is 12.1 Å². The molecule has 0 spiro atoms. The van der Waals surface area contributed by atoms with Gasteiger partial charge in [0.2, 0.25) is 6.79 Å². The normalized spacial score (nSPS) is 11.9. The van der Waals surface area contributed by atoms with Crippen LogP contribution in [0, 0.1) is 10.1 Å². The van der Waals surface area contributed by atoms with Crippen LogP contribution in [-0.2, 0) is 6.54 Å². The molecule has 9 heteroatoms. The first-order valence-electron chi connectivity index (χ1n) is 10.0. The van der Waals surface area contributed by atoms with Gasteiger partial charge in [-0.25, -0.2) is 4.98 Å². The molecule has 3 aromatic carbocycles. The van der Waals surface area contributed by atoms with Crippen LogP contribution < -0.4 is 14.8 Å². The van der Waals surface area contributed by atoms with Crippen molar-refractivity contribution in [1.82, 2.24) is 10.3 Å². The maximum Gasteiger partial charge on any atom is 0.269 e. The molecule has 0 unspecified atom stereocenters. The lowest BCUT2D eigenvalue weighted by atomic mass is 10.1. The minimum atomic E-state index is -0.496. The molecule has 1 aliphatic rings. The molecule has 5 rings (SSSR count). The Morgan fingerprint density at radius 3 is 2.48 bits per heavy atom. The third-order valence-electron chi connectivity index (χ3n) is 5.17. The minimum absolute atomic E-state index is 0.0500. The van der Waals surface area contributed by atoms with Gasteiger partial charge < -0.3 is 14.8 Å². The van der Waals surface area contributed by atoms with Crippen molar-refractivity contribution in [2.45, 2.75) is 6.54 Å². The van der Waals surface area contributed by atoms with Crippen molar-refractivity contribution in [3.05, 3.63) is 93.4 Å². The van der Waals surface area contributed by atoms with Crippen molar-refractivity contribution in [2.75, 3.05) is 6.79 Å². The lowest BCUT2D eigenvalue weighted by molar-refractivity contribution is -0.384. The number of nitro benzene ring substituents is 1. The van der Waals surface area contributed by atoms with Crippen molar-refractivity contribution in [1.29, 1.82) is 0 Å². The number of benzene rings is 3. The fraction of sp³-hybridized carbons (Fsp3) is 0.0833. The summed E-state index contributed by atoms with van der Waals surface area (Å²) in [7, 11) is 0. The average molecular weight is 459 g/mol. The molecule has 2 heterocycles. The van der Waals surface area contributed by atoms with E-state index in [1.165, 1.54) is 24.3 Å². The number of aromatic nitrogens is 1. The third kappa shape index (κ3) is 4.39. The topological polar surface area (TPSA) is 104 Å². The maximum atomic E-state index is 12.3. The predicted molar refractivity (Wildman–Crippen MR) is 123 cm³/mol. The minimum Gasteiger partial charge on any atom is -0.454 e. The number of rotatable bonds is 6. The number of carbonyl (C=O) groups is 1. The molecule has 0 saturated heterocycles. The first kappa shape index (κ1) is 20.7. The van der Waals surface area contributed by atoms with Gasteiger partial charge in [-0.2, -0.15) is 0 Å². The number of nitro groups is 1. The van der Waals surface area contributed by atoms with Gasteiger partial charge in [0.15, 0.2) is 11.5 Å². The number of nitrogens with one attached hydrogen (secondary N) is 1. The van der Waals surface area contributed by atoms with Crippen LogP contribution in [0.2, 0.25) is 0 Å². The molecule has 0 radical (unpaired) electrons. The number of carbonyl (C=O) groups excluding carboxylic acids is 1. The van der Waals surface area contributed by atoms with Crippen LogP contribution in [0.3, 0.4) is 0 Å². The molecule has 0 saturated carbocycles. The molecular weight excluding hydrogens is 442 g/mol. The van der Waals surface area contributed by atoms with Gasteiger partial charge in [0, 0.05) is 40.7 Å². The molecule has 0 bridgehead atoms. The fourth-order valence-corrected chi connectivity index (χ4v) is 4.21. The van der Waals surface area contributed by atoms with E-state index >= 15 is 0 Å². The van der Waals surface area contributed by atoms with Crippen LogP contribution in [0.25, 0.3) is 21.8 Å². The molecule has 164 valence electrons. The van der Waals surface area contributed by atoms with Crippen LogP contribution in [0.4, 0.5) is 5.69 Å². The molecule has 1 aromatic heterocycles. The highest BCUT2D eigenvalue weighted by Crippen LogP contribution is 2.37. The van der Waals surface area contributed by atoms with Gasteiger partial charge in [0.25, 0.3) is 11.6 Å². The van der Waals surface area contributed by atoms with Crippen molar-refractivity contribution >= 4 is 22.9 Å². The summed E-state index contributed by atoms with van der Waals surface area (Å²) in [5.41, 5.74) is 4.07. The van der Waals surface area contributed by atoms with Crippen molar-refractivity contribution < 1.29 is 19.2 Å². The average Bonchev–Trinajstić information content (AvgIpc) is 3.52. The highest BCUT2D eigenvalue weighted by atomic mass is 32.1. The van der Waals surface area contributed by atoms with Gasteiger partial charge in [-0.15, -0.1) is 11.3 Å². The molecule has 0 atom stereocenters. The zero-order valence-electron chi connectivity index (χ0n) is 17.2. The first-order valence-corrected chi connectivity index (χ1v) is 10.9. The fourth-order valence-electron chi connectivity index (χ4n) is 3.38. The zero-order valence-corrected chi connectivity index (χ0v) is 18.0. The number of non-ortho nitro benzene ring substituents is 1. The monoisotopic (exact) mass is 459 g/mol. The standard InChI is InChI=1S/C24H17N3O5S/c28-23(16-5-8-19(9-6-16)27(29)30)25-12-15-1-3-17(4-2-15)24-26-20(13-33-24)18-7-10-21-22(11-18)32-14-31-21/h1-11,13H,12,14H2,(H,25,28). The van der Waals surface area contributed by atoms with E-state index in [2.05, 4.69) is 5.32 Å². The second kappa shape index (κ2) is 8.71. The Labute approximate surface area is 192 Å². The molecule has 1 aliphatic heterocycles. The van der Waals surface area contributed by atoms with Gasteiger partial charge in [-0.05, 0) is 35.9 Å². The van der Waals surface area contributed by atoms with Crippen LogP contribution >= 0.6 is 11.3 Å². The highest BCUT2D eigenvalue weighted by Gasteiger charge is 2.15. The summed E-state index contributed by atoms with van der Waals surface area (Å²) in [4.78, 5) is 27.3. The van der Waals surface area contributed by atoms with E-state index in [-0.39, 0.29) is 18.4 Å². The summed E-state index contributed by atoms with van der Waals surface area (Å²) < 4.78 is 10.8. The molecule has 0 aliphatic carbocycles. The first-order chi connectivity index (χ1) is 16.1. The van der Waals surface area contributed by atoms with E-state index in [1.807, 2.05) is 47.8 Å². The summed E-state index contributed by atoms with van der Waals surface area (Å²) in [5.74, 6) is 1.18. The number of fused-ring (bicyclic) bond motifs is 1. The number of hydrogen-bond donors (Lipinski definition) is 1. The van der Waals surface area contributed by atoms with Gasteiger partial charge in [0.1, 0.15) is 5.01 Å². The second-order valence-corrected chi connectivity index (χ2v) is 8.15. The maximum absolute atomic E-state index is 12.3. The summed E-state index contributed by atoms with van der Waals surface area (Å²) in [5, 5.41) is 16.5. The van der Waals surface area contributed by atoms with Crippen molar-refractivity contribution in [3.63, 3.8) is 0 Å². The molecule has 8 nitrogen and oxygen atoms in total. The summed E-state index contributed by atoms with van der Waals surface area (Å²) in [6.07, 6.45) is 0. The lowest BCUT2D eigenvalue weighted by Crippen LogP contribution is -2.22. The van der Waals surface area contributed by atoms with Gasteiger partial charge in [0.05, 0.1) is 10.6 Å². The van der Waals surface area contributed by atoms with E-state index in [0.717, 1.165) is 38.9 Å². The Bertz CT molecular complexity index is 1330. The number of ether oxygens (including phenoxy) is 2. The molecule has 1 amide bonds. The quantitative estimate of drug-likeness (QED) is 0.320. The summed E-state index contributed by atoms with van der Waals surface area (Å²) in [6, 6.07) is 19.1. The van der Waals surface area contributed by atoms with Crippen molar-refractivity contribution in [2.24, 2.45) is 0 Å². The number of hydrogen-bond acceptors (Lipinski definition) is 7. The summed E-state index contributed by atoms with van der Waals surface area (Å²) in [6.45, 7) is 0.582. The van der Waals surface area contributed by atoms with Gasteiger partial charge in [-0.3, -0.25) is 14.9 Å². The van der Waals surface area contributed by atoms with E-state index < -0.39 is 4.92 Å². The van der Waals surface area contributed by atoms with E-state index in [4.69, 9.17) is 14.5 Å². The van der Waals surface area contributed by atoms with Crippen molar-refractivity contribution in [3.8, 4) is 33.3 Å². The Balaban J connectivity index is 1.23. The lowest BCUT2D eigenvalue weighted by Gasteiger charge is -2.06. The SMILES string of the molecule is O=C(NCc1ccc(-c2nc(-c3ccc4c(c3)OCO4)cs2)cc1)c1ccc([N+](=O)[O-])cc1. The van der Waals surface area contributed by atoms with E-state index in [9.17, 15) is 14.9 Å². The van der Waals surface area contributed by atoms with Crippen LogP contribution in [0.5, 0.6) is 11.5 Å². The predicted octanol–water partition coefficient (Wildman–Crippen LogP) is 5.04. The van der Waals surface area contributed by atoms with Crippen LogP contribution in [0.15, 0.2) is 72.1 Å². The van der Waals surface area contributed by atoms with E-state index in [1.54, 1.807) is 11.3 Å². The molecule has 4 aromatic rings.